The van der Waals surface area contributed by atoms with Gasteiger partial charge in [0.1, 0.15) is 0 Å². The number of carbonyl (C=O) groups excluding carboxylic acids is 1. The molecule has 0 radical (unpaired) electrons. The average molecular weight is 379 g/mol. The summed E-state index contributed by atoms with van der Waals surface area (Å²) < 4.78 is 0. The third-order valence-corrected chi connectivity index (χ3v) is 6.02. The van der Waals surface area contributed by atoms with E-state index in [0.717, 1.165) is 38.3 Å². The fourth-order valence-corrected chi connectivity index (χ4v) is 4.41. The van der Waals surface area contributed by atoms with E-state index in [1.807, 2.05) is 11.0 Å². The van der Waals surface area contributed by atoms with E-state index in [4.69, 9.17) is 0 Å². The molecule has 4 rings (SSSR count). The van der Waals surface area contributed by atoms with E-state index in [9.17, 15) is 4.79 Å². The molecule has 0 saturated carbocycles. The molecule has 0 bridgehead atoms. The van der Waals surface area contributed by atoms with Crippen LogP contribution in [0, 0.1) is 0 Å². The van der Waals surface area contributed by atoms with Crippen molar-refractivity contribution in [2.75, 3.05) is 26.2 Å². The van der Waals surface area contributed by atoms with Gasteiger partial charge in [-0.15, -0.1) is 0 Å². The van der Waals surface area contributed by atoms with Gasteiger partial charge in [-0.25, -0.2) is 0 Å². The topological polar surface area (TPSA) is 32.3 Å². The first kappa shape index (κ1) is 20.6. The second kappa shape index (κ2) is 11.0. The van der Waals surface area contributed by atoms with Crippen LogP contribution in [0.15, 0.2) is 54.6 Å². The minimum Gasteiger partial charge on any atom is -0.345 e. The van der Waals surface area contributed by atoms with Crippen molar-refractivity contribution in [2.45, 2.75) is 50.9 Å². The Labute approximate surface area is 170 Å². The lowest BCUT2D eigenvalue weighted by molar-refractivity contribution is -0.119. The lowest BCUT2D eigenvalue weighted by atomic mass is 9.90. The van der Waals surface area contributed by atoms with Crippen LogP contribution in [0.2, 0.25) is 0 Å². The number of amides is 1. The largest absolute Gasteiger partial charge is 0.345 e. The number of nitrogens with zero attached hydrogens (tertiary/aromatic N) is 1. The Morgan fingerprint density at radius 1 is 0.964 bits per heavy atom. The zero-order valence-electron chi connectivity index (χ0n) is 17.1. The highest BCUT2D eigenvalue weighted by Gasteiger charge is 2.19. The Morgan fingerprint density at radius 3 is 2.32 bits per heavy atom. The summed E-state index contributed by atoms with van der Waals surface area (Å²) in [6, 6.07) is 19.5. The van der Waals surface area contributed by atoms with E-state index < -0.39 is 0 Å². The summed E-state index contributed by atoms with van der Waals surface area (Å²) in [5, 5.41) is 3.44. The SMILES string of the molecule is CCCc1ccccc1C1CCNC1.O=CN1CCC(c2ccccc2)CC1. The van der Waals surface area contributed by atoms with Gasteiger partial charge >= 0.3 is 0 Å². The molecule has 0 aromatic heterocycles. The van der Waals surface area contributed by atoms with Crippen LogP contribution in [0.4, 0.5) is 0 Å². The fraction of sp³-hybridized carbons (Fsp3) is 0.480. The Balaban J connectivity index is 0.000000161. The van der Waals surface area contributed by atoms with E-state index in [-0.39, 0.29) is 0 Å². The van der Waals surface area contributed by atoms with Gasteiger partial charge in [-0.1, -0.05) is 67.9 Å². The summed E-state index contributed by atoms with van der Waals surface area (Å²) in [4.78, 5) is 12.4. The first-order valence-electron chi connectivity index (χ1n) is 10.8. The molecule has 2 aliphatic rings. The zero-order chi connectivity index (χ0) is 19.6. The van der Waals surface area contributed by atoms with Gasteiger partial charge in [0, 0.05) is 19.6 Å². The van der Waals surface area contributed by atoms with Crippen LogP contribution < -0.4 is 5.32 Å². The van der Waals surface area contributed by atoms with Crippen molar-refractivity contribution in [3.05, 3.63) is 71.3 Å². The van der Waals surface area contributed by atoms with Crippen LogP contribution in [0.3, 0.4) is 0 Å². The maximum Gasteiger partial charge on any atom is 0.209 e. The van der Waals surface area contributed by atoms with E-state index in [2.05, 4.69) is 60.8 Å². The number of benzene rings is 2. The number of likely N-dealkylation sites (tertiary alicyclic amines) is 1. The van der Waals surface area contributed by atoms with E-state index in [0.29, 0.717) is 5.92 Å². The molecule has 2 fully saturated rings. The predicted octanol–water partition coefficient (Wildman–Crippen LogP) is 4.74. The smallest absolute Gasteiger partial charge is 0.209 e. The summed E-state index contributed by atoms with van der Waals surface area (Å²) >= 11 is 0. The third-order valence-electron chi connectivity index (χ3n) is 6.02. The molecule has 1 N–H and O–H groups in total. The van der Waals surface area contributed by atoms with Gasteiger partial charge in [0.05, 0.1) is 0 Å². The first-order valence-corrected chi connectivity index (χ1v) is 10.8. The van der Waals surface area contributed by atoms with Crippen LogP contribution >= 0.6 is 0 Å². The second-order valence-electron chi connectivity index (χ2n) is 7.96. The highest BCUT2D eigenvalue weighted by atomic mass is 16.1. The molecule has 2 aromatic rings. The van der Waals surface area contributed by atoms with E-state index in [1.54, 1.807) is 11.1 Å². The Kier molecular flexibility index (Phi) is 8.10. The molecule has 1 unspecified atom stereocenters. The minimum atomic E-state index is 0.646. The summed E-state index contributed by atoms with van der Waals surface area (Å²) in [5.74, 6) is 1.41. The van der Waals surface area contributed by atoms with Gasteiger partial charge in [-0.2, -0.15) is 0 Å². The summed E-state index contributed by atoms with van der Waals surface area (Å²) in [6.45, 7) is 6.42. The van der Waals surface area contributed by atoms with E-state index in [1.165, 1.54) is 37.9 Å². The zero-order valence-corrected chi connectivity index (χ0v) is 17.1. The fourth-order valence-electron chi connectivity index (χ4n) is 4.41. The maximum atomic E-state index is 10.5. The van der Waals surface area contributed by atoms with Crippen molar-refractivity contribution in [3.8, 4) is 0 Å². The number of carbonyl (C=O) groups is 1. The monoisotopic (exact) mass is 378 g/mol. The van der Waals surface area contributed by atoms with Crippen molar-refractivity contribution in [3.63, 3.8) is 0 Å². The standard InChI is InChI=1S/C13H19N.C12H15NO/c1-2-5-11-6-3-4-7-13(11)12-8-9-14-10-12;14-10-13-8-6-12(7-9-13)11-4-2-1-3-5-11/h3-4,6-7,12,14H,2,5,8-10H2,1H3;1-5,10,12H,6-9H2. The Hall–Kier alpha value is -2.13. The van der Waals surface area contributed by atoms with Crippen molar-refractivity contribution in [2.24, 2.45) is 0 Å². The van der Waals surface area contributed by atoms with Gasteiger partial charge < -0.3 is 10.2 Å². The van der Waals surface area contributed by atoms with Gasteiger partial charge in [0.25, 0.3) is 0 Å². The first-order chi connectivity index (χ1) is 13.8. The third kappa shape index (κ3) is 5.68. The van der Waals surface area contributed by atoms with Crippen molar-refractivity contribution < 1.29 is 4.79 Å². The second-order valence-corrected chi connectivity index (χ2v) is 7.96. The summed E-state index contributed by atoms with van der Waals surface area (Å²) in [6.07, 6.45) is 6.94. The van der Waals surface area contributed by atoms with Crippen LogP contribution in [0.5, 0.6) is 0 Å². The molecule has 28 heavy (non-hydrogen) atoms. The van der Waals surface area contributed by atoms with E-state index >= 15 is 0 Å². The van der Waals surface area contributed by atoms with Gasteiger partial charge in [0.2, 0.25) is 6.41 Å². The highest BCUT2D eigenvalue weighted by molar-refractivity contribution is 5.47. The molecule has 3 nitrogen and oxygen atoms in total. The van der Waals surface area contributed by atoms with Crippen LogP contribution in [-0.2, 0) is 11.2 Å². The molecule has 2 aliphatic heterocycles. The number of rotatable bonds is 5. The lowest BCUT2D eigenvalue weighted by Gasteiger charge is -2.29. The van der Waals surface area contributed by atoms with Crippen molar-refractivity contribution >= 4 is 6.41 Å². The number of hydrogen-bond acceptors (Lipinski definition) is 2. The van der Waals surface area contributed by atoms with Crippen LogP contribution in [0.1, 0.15) is 61.1 Å². The summed E-state index contributed by atoms with van der Waals surface area (Å²) in [7, 11) is 0. The van der Waals surface area contributed by atoms with Crippen molar-refractivity contribution in [1.82, 2.24) is 10.2 Å². The van der Waals surface area contributed by atoms with Crippen LogP contribution in [-0.4, -0.2) is 37.5 Å². The molecule has 0 spiro atoms. The molecular weight excluding hydrogens is 344 g/mol. The molecule has 2 heterocycles. The highest BCUT2D eigenvalue weighted by Crippen LogP contribution is 2.27. The van der Waals surface area contributed by atoms with Crippen LogP contribution in [0.25, 0.3) is 0 Å². The van der Waals surface area contributed by atoms with Gasteiger partial charge in [-0.05, 0) is 60.8 Å². The van der Waals surface area contributed by atoms with Gasteiger partial charge in [0.15, 0.2) is 0 Å². The minimum absolute atomic E-state index is 0.646. The molecular formula is C25H34N2O. The molecule has 3 heteroatoms. The summed E-state index contributed by atoms with van der Waals surface area (Å²) in [5.41, 5.74) is 4.56. The Bertz CT molecular complexity index is 701. The molecule has 150 valence electrons. The lowest BCUT2D eigenvalue weighted by Crippen LogP contribution is -2.31. The Morgan fingerprint density at radius 2 is 1.68 bits per heavy atom. The molecule has 1 atom stereocenters. The number of hydrogen-bond donors (Lipinski definition) is 1. The molecule has 2 aromatic carbocycles. The maximum absolute atomic E-state index is 10.5. The van der Waals surface area contributed by atoms with Crippen molar-refractivity contribution in [1.29, 1.82) is 0 Å². The molecule has 1 amide bonds. The number of nitrogens with one attached hydrogen (secondary N) is 1. The molecule has 2 saturated heterocycles. The quantitative estimate of drug-likeness (QED) is 0.762. The number of aryl methyl sites for hydroxylation is 1. The number of piperidine rings is 1. The normalized spacial score (nSPS) is 19.8. The molecule has 0 aliphatic carbocycles. The average Bonchev–Trinajstić information content (AvgIpc) is 3.30. The predicted molar refractivity (Wildman–Crippen MR) is 117 cm³/mol. The van der Waals surface area contributed by atoms with Gasteiger partial charge in [-0.3, -0.25) is 4.79 Å².